The fraction of sp³-hybridized carbons (Fsp3) is 0.467. The van der Waals surface area contributed by atoms with Crippen LogP contribution in [0.2, 0.25) is 0 Å². The van der Waals surface area contributed by atoms with E-state index in [0.717, 1.165) is 38.2 Å². The van der Waals surface area contributed by atoms with Crippen molar-refractivity contribution < 1.29 is 9.59 Å². The van der Waals surface area contributed by atoms with Crippen molar-refractivity contribution in [2.75, 3.05) is 24.5 Å². The van der Waals surface area contributed by atoms with Crippen LogP contribution in [-0.2, 0) is 9.59 Å². The van der Waals surface area contributed by atoms with E-state index in [-0.39, 0.29) is 36.2 Å². The molecule has 0 aromatic heterocycles. The van der Waals surface area contributed by atoms with Gasteiger partial charge in [0.2, 0.25) is 11.8 Å². The number of anilines is 1. The molecule has 21 heavy (non-hydrogen) atoms. The molecule has 3 rings (SSSR count). The molecule has 114 valence electrons. The third-order valence-corrected chi connectivity index (χ3v) is 3.98. The largest absolute Gasteiger partial charge is 0.344 e. The summed E-state index contributed by atoms with van der Waals surface area (Å²) in [7, 11) is 0. The summed E-state index contributed by atoms with van der Waals surface area (Å²) in [6, 6.07) is 9.25. The zero-order valence-corrected chi connectivity index (χ0v) is 12.6. The number of carbonyl (C=O) groups is 2. The van der Waals surface area contributed by atoms with Crippen LogP contribution in [0.15, 0.2) is 30.3 Å². The Bertz CT molecular complexity index is 505. The molecule has 0 aliphatic carbocycles. The third kappa shape index (κ3) is 3.36. The van der Waals surface area contributed by atoms with Gasteiger partial charge in [-0.05, 0) is 25.0 Å². The van der Waals surface area contributed by atoms with Gasteiger partial charge in [-0.15, -0.1) is 12.4 Å². The van der Waals surface area contributed by atoms with Crippen molar-refractivity contribution in [3.8, 4) is 0 Å². The highest BCUT2D eigenvalue weighted by molar-refractivity contribution is 6.00. The second-order valence-corrected chi connectivity index (χ2v) is 5.38. The lowest BCUT2D eigenvalue weighted by Crippen LogP contribution is -2.57. The van der Waals surface area contributed by atoms with Gasteiger partial charge in [-0.1, -0.05) is 18.2 Å². The number of hydrogen-bond acceptors (Lipinski definition) is 3. The summed E-state index contributed by atoms with van der Waals surface area (Å²) in [5.41, 5.74) is 0.904. The first-order valence-electron chi connectivity index (χ1n) is 7.13. The van der Waals surface area contributed by atoms with Crippen LogP contribution in [0.3, 0.4) is 0 Å². The summed E-state index contributed by atoms with van der Waals surface area (Å²) in [5.74, 6) is 0.0231. The molecular formula is C15H20ClN3O2. The van der Waals surface area contributed by atoms with Crippen LogP contribution in [-0.4, -0.2) is 37.5 Å². The number of carbonyl (C=O) groups excluding carboxylic acids is 2. The Morgan fingerprint density at radius 1 is 1.24 bits per heavy atom. The van der Waals surface area contributed by atoms with Crippen molar-refractivity contribution in [1.29, 1.82) is 0 Å². The fourth-order valence-corrected chi connectivity index (χ4v) is 2.64. The minimum atomic E-state index is -0.378. The standard InChI is InChI=1S/C15H19N3O2.ClH/c19-14(11-9-16-10-11)17-13-7-4-8-18(15(13)20)12-5-2-1-3-6-12;/h1-3,5-6,11,13,16H,4,7-10H2,(H,17,19);1H. The van der Waals surface area contributed by atoms with Gasteiger partial charge in [-0.25, -0.2) is 0 Å². The average Bonchev–Trinajstić information content (AvgIpc) is 2.40. The lowest BCUT2D eigenvalue weighted by molar-refractivity contribution is -0.131. The van der Waals surface area contributed by atoms with E-state index >= 15 is 0 Å². The maximum Gasteiger partial charge on any atom is 0.249 e. The first kappa shape index (κ1) is 15.8. The smallest absolute Gasteiger partial charge is 0.249 e. The summed E-state index contributed by atoms with van der Waals surface area (Å²) < 4.78 is 0. The molecule has 1 aromatic rings. The predicted molar refractivity (Wildman–Crippen MR) is 83.6 cm³/mol. The quantitative estimate of drug-likeness (QED) is 0.873. The number of rotatable bonds is 3. The molecule has 0 bridgehead atoms. The van der Waals surface area contributed by atoms with E-state index in [1.165, 1.54) is 0 Å². The van der Waals surface area contributed by atoms with Crippen LogP contribution in [0, 0.1) is 5.92 Å². The Labute approximate surface area is 130 Å². The van der Waals surface area contributed by atoms with Gasteiger partial charge < -0.3 is 15.5 Å². The Balaban J connectivity index is 0.00000161. The van der Waals surface area contributed by atoms with Gasteiger partial charge in [-0.3, -0.25) is 9.59 Å². The summed E-state index contributed by atoms with van der Waals surface area (Å²) >= 11 is 0. The Kier molecular flexibility index (Phi) is 5.20. The van der Waals surface area contributed by atoms with Crippen molar-refractivity contribution in [2.24, 2.45) is 5.92 Å². The monoisotopic (exact) mass is 309 g/mol. The maximum atomic E-state index is 12.5. The van der Waals surface area contributed by atoms with Crippen LogP contribution < -0.4 is 15.5 Å². The van der Waals surface area contributed by atoms with Crippen molar-refractivity contribution in [3.63, 3.8) is 0 Å². The Morgan fingerprint density at radius 2 is 1.95 bits per heavy atom. The average molecular weight is 310 g/mol. The maximum absolute atomic E-state index is 12.5. The van der Waals surface area contributed by atoms with E-state index in [1.54, 1.807) is 4.90 Å². The van der Waals surface area contributed by atoms with Crippen molar-refractivity contribution in [3.05, 3.63) is 30.3 Å². The number of para-hydroxylation sites is 1. The summed E-state index contributed by atoms with van der Waals surface area (Å²) in [6.07, 6.45) is 1.64. The van der Waals surface area contributed by atoms with Crippen molar-refractivity contribution in [1.82, 2.24) is 10.6 Å². The first-order valence-corrected chi connectivity index (χ1v) is 7.13. The SMILES string of the molecule is Cl.O=C(NC1CCCN(c2ccccc2)C1=O)C1CNC1. The van der Waals surface area contributed by atoms with E-state index < -0.39 is 0 Å². The molecule has 2 N–H and O–H groups in total. The predicted octanol–water partition coefficient (Wildman–Crippen LogP) is 0.939. The van der Waals surface area contributed by atoms with Crippen LogP contribution in [0.1, 0.15) is 12.8 Å². The molecule has 1 unspecified atom stereocenters. The second kappa shape index (κ2) is 6.91. The van der Waals surface area contributed by atoms with E-state index in [1.807, 2.05) is 30.3 Å². The fourth-order valence-electron chi connectivity index (χ4n) is 2.64. The number of nitrogens with one attached hydrogen (secondary N) is 2. The van der Waals surface area contributed by atoms with Crippen LogP contribution in [0.5, 0.6) is 0 Å². The molecule has 2 heterocycles. The van der Waals surface area contributed by atoms with E-state index in [2.05, 4.69) is 10.6 Å². The zero-order valence-electron chi connectivity index (χ0n) is 11.7. The first-order chi connectivity index (χ1) is 9.75. The molecule has 0 spiro atoms. The highest BCUT2D eigenvalue weighted by Gasteiger charge is 2.33. The van der Waals surface area contributed by atoms with Gasteiger partial charge >= 0.3 is 0 Å². The number of piperidine rings is 1. The minimum absolute atomic E-state index is 0. The molecule has 1 aromatic carbocycles. The molecule has 0 saturated carbocycles. The molecular weight excluding hydrogens is 290 g/mol. The number of halogens is 1. The van der Waals surface area contributed by atoms with Gasteiger partial charge in [0, 0.05) is 25.3 Å². The minimum Gasteiger partial charge on any atom is -0.344 e. The van der Waals surface area contributed by atoms with E-state index in [0.29, 0.717) is 0 Å². The Hall–Kier alpha value is -1.59. The molecule has 2 aliphatic rings. The molecule has 6 heteroatoms. The molecule has 0 radical (unpaired) electrons. The molecule has 1 atom stereocenters. The topological polar surface area (TPSA) is 61.4 Å². The highest BCUT2D eigenvalue weighted by atomic mass is 35.5. The van der Waals surface area contributed by atoms with Gasteiger partial charge in [0.05, 0.1) is 5.92 Å². The zero-order chi connectivity index (χ0) is 13.9. The summed E-state index contributed by atoms with van der Waals surface area (Å²) in [4.78, 5) is 26.2. The van der Waals surface area contributed by atoms with Gasteiger partial charge in [-0.2, -0.15) is 0 Å². The number of amides is 2. The third-order valence-electron chi connectivity index (χ3n) is 3.98. The second-order valence-electron chi connectivity index (χ2n) is 5.38. The van der Waals surface area contributed by atoms with Crippen LogP contribution >= 0.6 is 12.4 Å². The van der Waals surface area contributed by atoms with Gasteiger partial charge in [0.25, 0.3) is 0 Å². The molecule has 2 aliphatic heterocycles. The Morgan fingerprint density at radius 3 is 2.57 bits per heavy atom. The van der Waals surface area contributed by atoms with Crippen LogP contribution in [0.4, 0.5) is 5.69 Å². The van der Waals surface area contributed by atoms with E-state index in [9.17, 15) is 9.59 Å². The lowest BCUT2D eigenvalue weighted by atomic mass is 9.99. The van der Waals surface area contributed by atoms with Crippen molar-refractivity contribution in [2.45, 2.75) is 18.9 Å². The summed E-state index contributed by atoms with van der Waals surface area (Å²) in [5, 5.41) is 5.97. The number of nitrogens with zero attached hydrogens (tertiary/aromatic N) is 1. The van der Waals surface area contributed by atoms with Crippen molar-refractivity contribution >= 4 is 29.9 Å². The lowest BCUT2D eigenvalue weighted by Gasteiger charge is -2.34. The molecule has 2 fully saturated rings. The van der Waals surface area contributed by atoms with Gasteiger partial charge in [0.15, 0.2) is 0 Å². The van der Waals surface area contributed by atoms with E-state index in [4.69, 9.17) is 0 Å². The van der Waals surface area contributed by atoms with Crippen LogP contribution in [0.25, 0.3) is 0 Å². The molecule has 2 saturated heterocycles. The summed E-state index contributed by atoms with van der Waals surface area (Å²) in [6.45, 7) is 2.16. The van der Waals surface area contributed by atoms with Gasteiger partial charge in [0.1, 0.15) is 6.04 Å². The highest BCUT2D eigenvalue weighted by Crippen LogP contribution is 2.21. The normalized spacial score (nSPS) is 22.2. The molecule has 5 nitrogen and oxygen atoms in total. The number of hydrogen-bond donors (Lipinski definition) is 2. The number of benzene rings is 1. The molecule has 2 amide bonds.